The van der Waals surface area contributed by atoms with E-state index < -0.39 is 6.04 Å². The molecule has 2 aliphatic heterocycles. The van der Waals surface area contributed by atoms with Crippen LogP contribution in [-0.2, 0) is 11.3 Å². The Morgan fingerprint density at radius 1 is 1.08 bits per heavy atom. The first-order valence-corrected chi connectivity index (χ1v) is 9.02. The van der Waals surface area contributed by atoms with Crippen LogP contribution in [0.5, 0.6) is 0 Å². The first-order chi connectivity index (χ1) is 12.1. The van der Waals surface area contributed by atoms with E-state index in [2.05, 4.69) is 0 Å². The molecule has 1 atom stereocenters. The molecular formula is C18H17N3O3S. The predicted octanol–water partition coefficient (Wildman–Crippen LogP) is 2.04. The topological polar surface area (TPSA) is 60.9 Å². The van der Waals surface area contributed by atoms with Crippen molar-refractivity contribution in [2.24, 2.45) is 0 Å². The second-order valence-electron chi connectivity index (χ2n) is 6.13. The van der Waals surface area contributed by atoms with Gasteiger partial charge in [-0.1, -0.05) is 36.4 Å². The number of piperazine rings is 1. The van der Waals surface area contributed by atoms with Crippen LogP contribution in [0.2, 0.25) is 0 Å². The molecule has 1 aromatic carbocycles. The smallest absolute Gasteiger partial charge is 0.327 e. The minimum absolute atomic E-state index is 0.0728. The Balaban J connectivity index is 1.50. The van der Waals surface area contributed by atoms with Gasteiger partial charge >= 0.3 is 6.03 Å². The highest BCUT2D eigenvalue weighted by molar-refractivity contribution is 7.12. The van der Waals surface area contributed by atoms with Gasteiger partial charge in [0.1, 0.15) is 6.04 Å². The lowest BCUT2D eigenvalue weighted by Gasteiger charge is -2.35. The third-order valence-electron chi connectivity index (χ3n) is 4.61. The average molecular weight is 355 g/mol. The number of benzene rings is 1. The van der Waals surface area contributed by atoms with Gasteiger partial charge in [0.2, 0.25) is 0 Å². The summed E-state index contributed by atoms with van der Waals surface area (Å²) in [5, 5.41) is 1.86. The van der Waals surface area contributed by atoms with E-state index in [0.717, 1.165) is 5.56 Å². The zero-order valence-electron chi connectivity index (χ0n) is 13.5. The van der Waals surface area contributed by atoms with Gasteiger partial charge in [0, 0.05) is 13.1 Å². The molecule has 0 aliphatic carbocycles. The van der Waals surface area contributed by atoms with E-state index >= 15 is 0 Å². The summed E-state index contributed by atoms with van der Waals surface area (Å²) < 4.78 is 0. The molecule has 1 unspecified atom stereocenters. The number of rotatable bonds is 3. The first kappa shape index (κ1) is 15.8. The van der Waals surface area contributed by atoms with E-state index in [1.165, 1.54) is 16.2 Å². The number of fused-ring (bicyclic) bond motifs is 1. The number of carbonyl (C=O) groups excluding carboxylic acids is 3. The van der Waals surface area contributed by atoms with Crippen molar-refractivity contribution >= 4 is 29.2 Å². The molecule has 128 valence electrons. The zero-order valence-corrected chi connectivity index (χ0v) is 14.3. The second-order valence-corrected chi connectivity index (χ2v) is 7.08. The maximum atomic E-state index is 12.7. The van der Waals surface area contributed by atoms with E-state index in [-0.39, 0.29) is 30.9 Å². The van der Waals surface area contributed by atoms with Gasteiger partial charge in [-0.3, -0.25) is 14.5 Å². The Morgan fingerprint density at radius 3 is 2.60 bits per heavy atom. The van der Waals surface area contributed by atoms with Crippen LogP contribution in [0, 0.1) is 0 Å². The molecule has 25 heavy (non-hydrogen) atoms. The van der Waals surface area contributed by atoms with E-state index in [1.54, 1.807) is 15.9 Å². The van der Waals surface area contributed by atoms with Gasteiger partial charge in [-0.25, -0.2) is 4.79 Å². The Kier molecular flexibility index (Phi) is 4.01. The van der Waals surface area contributed by atoms with Gasteiger partial charge in [-0.2, -0.15) is 0 Å². The molecule has 0 N–H and O–H groups in total. The number of carbonyl (C=O) groups is 3. The fourth-order valence-electron chi connectivity index (χ4n) is 3.30. The molecule has 7 heteroatoms. The maximum Gasteiger partial charge on any atom is 0.327 e. The van der Waals surface area contributed by atoms with Crippen LogP contribution >= 0.6 is 11.3 Å². The summed E-state index contributed by atoms with van der Waals surface area (Å²) in [4.78, 5) is 43.1. The Morgan fingerprint density at radius 2 is 1.88 bits per heavy atom. The van der Waals surface area contributed by atoms with Gasteiger partial charge in [-0.05, 0) is 17.0 Å². The zero-order chi connectivity index (χ0) is 17.4. The highest BCUT2D eigenvalue weighted by Gasteiger charge is 2.48. The minimum Gasteiger partial charge on any atom is -0.334 e. The maximum absolute atomic E-state index is 12.7. The van der Waals surface area contributed by atoms with Crippen LogP contribution in [0.15, 0.2) is 47.8 Å². The Labute approximate surface area is 149 Å². The van der Waals surface area contributed by atoms with Crippen LogP contribution in [-0.4, -0.2) is 58.2 Å². The highest BCUT2D eigenvalue weighted by atomic mass is 32.1. The molecule has 2 fully saturated rings. The van der Waals surface area contributed by atoms with Gasteiger partial charge in [0.05, 0.1) is 18.0 Å². The number of hydrogen-bond acceptors (Lipinski definition) is 4. The van der Waals surface area contributed by atoms with Crippen molar-refractivity contribution in [2.45, 2.75) is 12.6 Å². The van der Waals surface area contributed by atoms with Crippen LogP contribution in [0.1, 0.15) is 15.2 Å². The van der Waals surface area contributed by atoms with Gasteiger partial charge in [0.15, 0.2) is 0 Å². The number of amides is 4. The number of thiophene rings is 1. The molecule has 0 spiro atoms. The molecule has 6 nitrogen and oxygen atoms in total. The summed E-state index contributed by atoms with van der Waals surface area (Å²) in [6.07, 6.45) is 0. The lowest BCUT2D eigenvalue weighted by molar-refractivity contribution is -0.129. The number of nitrogens with zero attached hydrogens (tertiary/aromatic N) is 3. The SMILES string of the molecule is O=C(c1cccs1)N1CCN2C(=O)N(Cc3ccccc3)C(=O)C2C1. The molecule has 0 radical (unpaired) electrons. The highest BCUT2D eigenvalue weighted by Crippen LogP contribution is 2.25. The predicted molar refractivity (Wildman–Crippen MR) is 93.1 cm³/mol. The standard InChI is InChI=1S/C18H17N3O3S/c22-16-14-12-19(17(23)15-7-4-10-25-15)8-9-20(14)18(24)21(16)11-13-5-2-1-3-6-13/h1-7,10,14H,8-9,11-12H2. The van der Waals surface area contributed by atoms with E-state index in [0.29, 0.717) is 18.0 Å². The molecule has 4 rings (SSSR count). The van der Waals surface area contributed by atoms with Crippen molar-refractivity contribution in [3.05, 3.63) is 58.3 Å². The molecule has 0 bridgehead atoms. The summed E-state index contributed by atoms with van der Waals surface area (Å²) >= 11 is 1.39. The average Bonchev–Trinajstić information content (AvgIpc) is 3.26. The van der Waals surface area contributed by atoms with Crippen LogP contribution in [0.25, 0.3) is 0 Å². The van der Waals surface area contributed by atoms with Crippen LogP contribution in [0.4, 0.5) is 4.79 Å². The molecular weight excluding hydrogens is 338 g/mol. The summed E-state index contributed by atoms with van der Waals surface area (Å²) in [6, 6.07) is 12.2. The lowest BCUT2D eigenvalue weighted by atomic mass is 10.1. The van der Waals surface area contributed by atoms with Crippen molar-refractivity contribution in [3.8, 4) is 0 Å². The molecule has 2 saturated heterocycles. The second kappa shape index (κ2) is 6.33. The van der Waals surface area contributed by atoms with Crippen LogP contribution in [0.3, 0.4) is 0 Å². The minimum atomic E-state index is -0.575. The Hall–Kier alpha value is -2.67. The van der Waals surface area contributed by atoms with Crippen molar-refractivity contribution in [3.63, 3.8) is 0 Å². The van der Waals surface area contributed by atoms with Gasteiger partial charge < -0.3 is 9.80 Å². The molecule has 2 aromatic rings. The van der Waals surface area contributed by atoms with E-state index in [1.807, 2.05) is 41.8 Å². The summed E-state index contributed by atoms with van der Waals surface area (Å²) in [5.41, 5.74) is 0.913. The first-order valence-electron chi connectivity index (χ1n) is 8.14. The largest absolute Gasteiger partial charge is 0.334 e. The summed E-state index contributed by atoms with van der Waals surface area (Å²) in [7, 11) is 0. The quantitative estimate of drug-likeness (QED) is 0.792. The number of imide groups is 1. The molecule has 3 heterocycles. The Bertz CT molecular complexity index is 806. The van der Waals surface area contributed by atoms with Crippen molar-refractivity contribution < 1.29 is 14.4 Å². The fraction of sp³-hybridized carbons (Fsp3) is 0.278. The third-order valence-corrected chi connectivity index (χ3v) is 5.47. The normalized spacial score (nSPS) is 20.2. The molecule has 4 amide bonds. The van der Waals surface area contributed by atoms with Gasteiger partial charge in [-0.15, -0.1) is 11.3 Å². The van der Waals surface area contributed by atoms with Crippen molar-refractivity contribution in [1.82, 2.24) is 14.7 Å². The monoisotopic (exact) mass is 355 g/mol. The lowest BCUT2D eigenvalue weighted by Crippen LogP contribution is -2.54. The van der Waals surface area contributed by atoms with Crippen molar-refractivity contribution in [2.75, 3.05) is 19.6 Å². The van der Waals surface area contributed by atoms with Gasteiger partial charge in [0.25, 0.3) is 11.8 Å². The van der Waals surface area contributed by atoms with E-state index in [9.17, 15) is 14.4 Å². The molecule has 1 aromatic heterocycles. The summed E-state index contributed by atoms with van der Waals surface area (Å²) in [5.74, 6) is -0.297. The third kappa shape index (κ3) is 2.80. The van der Waals surface area contributed by atoms with E-state index in [4.69, 9.17) is 0 Å². The van der Waals surface area contributed by atoms with Crippen LogP contribution < -0.4 is 0 Å². The van der Waals surface area contributed by atoms with Crippen molar-refractivity contribution in [1.29, 1.82) is 0 Å². The molecule has 2 aliphatic rings. The number of hydrogen-bond donors (Lipinski definition) is 0. The number of urea groups is 1. The fourth-order valence-corrected chi connectivity index (χ4v) is 4.00. The summed E-state index contributed by atoms with van der Waals surface area (Å²) in [6.45, 7) is 1.36. The molecule has 0 saturated carbocycles.